The molecular formula is C32H58ClNO. The predicted octanol–water partition coefficient (Wildman–Crippen LogP) is 10.0. The van der Waals surface area contributed by atoms with Crippen LogP contribution in [-0.4, -0.2) is 31.7 Å². The lowest BCUT2D eigenvalue weighted by atomic mass is 9.84. The van der Waals surface area contributed by atoms with Gasteiger partial charge >= 0.3 is 0 Å². The largest absolute Gasteiger partial charge is 0.872 e. The fourth-order valence-electron chi connectivity index (χ4n) is 5.14. The van der Waals surface area contributed by atoms with Crippen LogP contribution >= 0.6 is 11.6 Å². The van der Waals surface area contributed by atoms with E-state index in [4.69, 9.17) is 11.6 Å². The Hall–Kier alpha value is -0.730. The molecule has 0 amide bonds. The van der Waals surface area contributed by atoms with E-state index < -0.39 is 0 Å². The minimum atomic E-state index is 0.154. The minimum Gasteiger partial charge on any atom is -0.872 e. The molecule has 1 aromatic carbocycles. The zero-order valence-corrected chi connectivity index (χ0v) is 24.6. The third-order valence-electron chi connectivity index (χ3n) is 7.99. The maximum absolute atomic E-state index is 11.6. The van der Waals surface area contributed by atoms with Gasteiger partial charge in [0.05, 0.1) is 27.2 Å². The van der Waals surface area contributed by atoms with Gasteiger partial charge in [-0.1, -0.05) is 126 Å². The summed E-state index contributed by atoms with van der Waals surface area (Å²) in [6.07, 6.45) is 26.5. The van der Waals surface area contributed by atoms with Crippen LogP contribution in [-0.2, 0) is 0 Å². The third kappa shape index (κ3) is 16.6. The van der Waals surface area contributed by atoms with Crippen LogP contribution in [0.25, 0.3) is 0 Å². The second-order valence-electron chi connectivity index (χ2n) is 11.6. The first-order valence-electron chi connectivity index (χ1n) is 15.2. The summed E-state index contributed by atoms with van der Waals surface area (Å²) in [5.41, 5.74) is 0.928. The van der Waals surface area contributed by atoms with Crippen molar-refractivity contribution in [2.24, 2.45) is 0 Å². The van der Waals surface area contributed by atoms with E-state index in [1.54, 1.807) is 12.1 Å². The molecule has 1 saturated carbocycles. The van der Waals surface area contributed by atoms with Crippen molar-refractivity contribution in [2.75, 3.05) is 27.2 Å². The quantitative estimate of drug-likeness (QED) is 0.152. The van der Waals surface area contributed by atoms with Crippen molar-refractivity contribution in [2.45, 2.75) is 142 Å². The molecule has 2 nitrogen and oxygen atoms in total. The van der Waals surface area contributed by atoms with Crippen molar-refractivity contribution in [3.8, 4) is 5.75 Å². The summed E-state index contributed by atoms with van der Waals surface area (Å²) in [6.45, 7) is 7.21. The minimum absolute atomic E-state index is 0.154. The Morgan fingerprint density at radius 2 is 1.23 bits per heavy atom. The summed E-state index contributed by atoms with van der Waals surface area (Å²) in [6, 6.07) is 5.11. The predicted molar refractivity (Wildman–Crippen MR) is 155 cm³/mol. The van der Waals surface area contributed by atoms with Crippen molar-refractivity contribution in [1.82, 2.24) is 0 Å². The first-order valence-corrected chi connectivity index (χ1v) is 15.6. The van der Waals surface area contributed by atoms with E-state index in [1.807, 2.05) is 6.07 Å². The molecule has 0 unspecified atom stereocenters. The van der Waals surface area contributed by atoms with Gasteiger partial charge in [0.25, 0.3) is 0 Å². The van der Waals surface area contributed by atoms with Gasteiger partial charge in [0.2, 0.25) is 0 Å². The van der Waals surface area contributed by atoms with Crippen molar-refractivity contribution in [3.63, 3.8) is 0 Å². The van der Waals surface area contributed by atoms with Crippen LogP contribution in [0.2, 0.25) is 5.02 Å². The number of quaternary nitrogens is 1. The van der Waals surface area contributed by atoms with Crippen LogP contribution in [0.1, 0.15) is 147 Å². The van der Waals surface area contributed by atoms with Gasteiger partial charge < -0.3 is 9.59 Å². The Balaban J connectivity index is 0.000000375. The van der Waals surface area contributed by atoms with Gasteiger partial charge in [0.1, 0.15) is 0 Å². The normalized spacial score (nSPS) is 14.5. The molecule has 0 aromatic heterocycles. The third-order valence-corrected chi connectivity index (χ3v) is 8.22. The summed E-state index contributed by atoms with van der Waals surface area (Å²) in [7, 11) is 4.70. The van der Waals surface area contributed by atoms with Gasteiger partial charge in [-0.25, -0.2) is 0 Å². The van der Waals surface area contributed by atoms with E-state index >= 15 is 0 Å². The smallest absolute Gasteiger partial charge is 0.0782 e. The molecule has 3 heteroatoms. The second kappa shape index (κ2) is 20.3. The van der Waals surface area contributed by atoms with Gasteiger partial charge in [-0.3, -0.25) is 0 Å². The number of benzene rings is 1. The van der Waals surface area contributed by atoms with E-state index in [-0.39, 0.29) is 5.75 Å². The fourth-order valence-corrected chi connectivity index (χ4v) is 5.32. The molecule has 0 radical (unpaired) electrons. The lowest BCUT2D eigenvalue weighted by Gasteiger charge is -2.28. The number of nitrogens with zero attached hydrogens (tertiary/aromatic N) is 1. The molecule has 0 N–H and O–H groups in total. The Kier molecular flexibility index (Phi) is 18.8. The molecule has 0 spiro atoms. The van der Waals surface area contributed by atoms with Gasteiger partial charge in [-0.15, -0.1) is 5.75 Å². The summed E-state index contributed by atoms with van der Waals surface area (Å²) < 4.78 is 1.19. The molecule has 35 heavy (non-hydrogen) atoms. The molecular weight excluding hydrogens is 450 g/mol. The Morgan fingerprint density at radius 1 is 0.743 bits per heavy atom. The Labute approximate surface area is 224 Å². The first-order chi connectivity index (χ1) is 16.9. The summed E-state index contributed by atoms with van der Waals surface area (Å²) >= 11 is 5.90. The highest BCUT2D eigenvalue weighted by Gasteiger charge is 2.16. The number of unbranched alkanes of at least 4 members (excludes halogenated alkanes) is 13. The molecule has 2 rings (SSSR count). The number of hydrogen-bond donors (Lipinski definition) is 0. The highest BCUT2D eigenvalue weighted by atomic mass is 35.5. The molecule has 1 aliphatic rings. The molecule has 0 heterocycles. The number of halogens is 1. The zero-order valence-electron chi connectivity index (χ0n) is 23.9. The fraction of sp³-hybridized carbons (Fsp3) is 0.812. The van der Waals surface area contributed by atoms with Crippen molar-refractivity contribution >= 4 is 11.6 Å². The average Bonchev–Trinajstić information content (AvgIpc) is 2.86. The van der Waals surface area contributed by atoms with Crippen LogP contribution in [0.5, 0.6) is 5.75 Å². The molecule has 0 bridgehead atoms. The van der Waals surface area contributed by atoms with Gasteiger partial charge in [0.15, 0.2) is 0 Å². The van der Waals surface area contributed by atoms with Crippen molar-refractivity contribution in [3.05, 3.63) is 28.8 Å². The average molecular weight is 508 g/mol. The maximum atomic E-state index is 11.6. The standard InChI is InChI=1S/C20H44N.C12H15ClO/c1-5-7-8-9-10-11-12-13-14-15-16-17-18-19-20-21(3,4)6-2;13-10-6-7-12(14)11(8-10)9-4-2-1-3-5-9/h5-20H2,1-4H3;6-9,14H,1-5H2/q+1;/p-1. The molecule has 1 aliphatic carbocycles. The summed E-state index contributed by atoms with van der Waals surface area (Å²) in [5, 5.41) is 12.3. The van der Waals surface area contributed by atoms with E-state index in [1.165, 1.54) is 127 Å². The summed E-state index contributed by atoms with van der Waals surface area (Å²) in [4.78, 5) is 0. The van der Waals surface area contributed by atoms with Crippen LogP contribution < -0.4 is 5.11 Å². The molecule has 204 valence electrons. The van der Waals surface area contributed by atoms with Gasteiger partial charge in [0, 0.05) is 5.02 Å². The van der Waals surface area contributed by atoms with E-state index in [2.05, 4.69) is 27.9 Å². The lowest BCUT2D eigenvalue weighted by molar-refractivity contribution is -0.888. The number of rotatable bonds is 17. The van der Waals surface area contributed by atoms with E-state index in [9.17, 15) is 5.11 Å². The molecule has 0 saturated heterocycles. The molecule has 1 fully saturated rings. The monoisotopic (exact) mass is 507 g/mol. The Morgan fingerprint density at radius 3 is 1.71 bits per heavy atom. The maximum Gasteiger partial charge on any atom is 0.0782 e. The van der Waals surface area contributed by atoms with Crippen LogP contribution in [0.3, 0.4) is 0 Å². The second-order valence-corrected chi connectivity index (χ2v) is 12.0. The molecule has 0 atom stereocenters. The van der Waals surface area contributed by atoms with E-state index in [0.29, 0.717) is 10.9 Å². The Bertz CT molecular complexity index is 624. The zero-order chi connectivity index (χ0) is 25.8. The molecule has 0 aliphatic heterocycles. The van der Waals surface area contributed by atoms with E-state index in [0.717, 1.165) is 18.4 Å². The SMILES string of the molecule is CCCCCCCCCCCCCCCC[N+](C)(C)CC.[O-]c1ccc(Cl)cc1C1CCCCC1. The van der Waals surface area contributed by atoms with Gasteiger partial charge in [-0.2, -0.15) is 0 Å². The summed E-state index contributed by atoms with van der Waals surface area (Å²) in [5.74, 6) is 0.608. The highest BCUT2D eigenvalue weighted by Crippen LogP contribution is 2.37. The van der Waals surface area contributed by atoms with Crippen LogP contribution in [0, 0.1) is 0 Å². The van der Waals surface area contributed by atoms with Crippen LogP contribution in [0.15, 0.2) is 18.2 Å². The highest BCUT2D eigenvalue weighted by molar-refractivity contribution is 6.30. The van der Waals surface area contributed by atoms with Crippen molar-refractivity contribution < 1.29 is 9.59 Å². The van der Waals surface area contributed by atoms with Crippen LogP contribution in [0.4, 0.5) is 0 Å². The topological polar surface area (TPSA) is 23.1 Å². The van der Waals surface area contributed by atoms with Gasteiger partial charge in [-0.05, 0) is 50.7 Å². The first kappa shape index (κ1) is 32.3. The van der Waals surface area contributed by atoms with Crippen molar-refractivity contribution in [1.29, 1.82) is 0 Å². The lowest BCUT2D eigenvalue weighted by Crippen LogP contribution is -2.39. The number of hydrogen-bond acceptors (Lipinski definition) is 1. The molecule has 1 aromatic rings.